The van der Waals surface area contributed by atoms with Gasteiger partial charge in [0.05, 0.1) is 17.7 Å². The van der Waals surface area contributed by atoms with Crippen LogP contribution in [-0.4, -0.2) is 21.8 Å². The van der Waals surface area contributed by atoms with E-state index in [1.54, 1.807) is 36.4 Å². The molecule has 8 heteroatoms. The third-order valence-electron chi connectivity index (χ3n) is 6.15. The van der Waals surface area contributed by atoms with E-state index in [1.165, 1.54) is 18.3 Å². The van der Waals surface area contributed by atoms with Crippen molar-refractivity contribution in [2.45, 2.75) is 38.3 Å². The molecule has 4 rings (SSSR count). The summed E-state index contributed by atoms with van der Waals surface area (Å²) >= 11 is 5.87. The minimum atomic E-state index is -4.70. The van der Waals surface area contributed by atoms with Gasteiger partial charge in [0.25, 0.3) is 0 Å². The number of alkyl halides is 3. The van der Waals surface area contributed by atoms with E-state index in [-0.39, 0.29) is 24.8 Å². The highest BCUT2D eigenvalue weighted by Crippen LogP contribution is 2.34. The van der Waals surface area contributed by atoms with Gasteiger partial charge in [-0.1, -0.05) is 60.1 Å². The molecule has 0 unspecified atom stereocenters. The zero-order chi connectivity index (χ0) is 26.6. The lowest BCUT2D eigenvalue weighted by Gasteiger charge is -2.15. The molecule has 4 nitrogen and oxygen atoms in total. The standard InChI is InChI=1S/C29H23ClF3NO3/c30-21-11-8-18(9-12-21)4-3-7-27(35)24-13-10-19(14-25(24)29(31,32)33)15-26-23-6-2-1-5-22(23)20(17-34-26)16-28(36)37/h1-2,5-6,8-14,17H,3-4,7,15-16H2,(H,36,37). The van der Waals surface area contributed by atoms with Gasteiger partial charge in [-0.05, 0) is 53.1 Å². The Morgan fingerprint density at radius 2 is 1.59 bits per heavy atom. The van der Waals surface area contributed by atoms with Crippen LogP contribution in [0.3, 0.4) is 0 Å². The number of rotatable bonds is 9. The molecule has 4 aromatic rings. The molecule has 0 aliphatic rings. The molecule has 3 aromatic carbocycles. The van der Waals surface area contributed by atoms with E-state index in [0.717, 1.165) is 11.6 Å². The van der Waals surface area contributed by atoms with Gasteiger partial charge in [-0.2, -0.15) is 13.2 Å². The van der Waals surface area contributed by atoms with E-state index < -0.39 is 23.5 Å². The van der Waals surface area contributed by atoms with Gasteiger partial charge >= 0.3 is 12.1 Å². The summed E-state index contributed by atoms with van der Waals surface area (Å²) in [6.45, 7) is 0. The molecule has 0 aliphatic carbocycles. The SMILES string of the molecule is O=C(O)Cc1cnc(Cc2ccc(C(=O)CCCc3ccc(Cl)cc3)c(C(F)(F)F)c2)c2ccccc12. The highest BCUT2D eigenvalue weighted by atomic mass is 35.5. The summed E-state index contributed by atoms with van der Waals surface area (Å²) in [6.07, 6.45) is -2.39. The maximum absolute atomic E-state index is 13.9. The largest absolute Gasteiger partial charge is 0.481 e. The predicted octanol–water partition coefficient (Wildman–Crippen LogP) is 7.33. The first-order valence-corrected chi connectivity index (χ1v) is 12.0. The van der Waals surface area contributed by atoms with Crippen molar-refractivity contribution in [1.82, 2.24) is 4.98 Å². The van der Waals surface area contributed by atoms with Crippen LogP contribution >= 0.6 is 11.6 Å². The lowest BCUT2D eigenvalue weighted by molar-refractivity contribution is -0.138. The maximum Gasteiger partial charge on any atom is 0.417 e. The predicted molar refractivity (Wildman–Crippen MR) is 136 cm³/mol. The summed E-state index contributed by atoms with van der Waals surface area (Å²) in [5, 5.41) is 11.1. The number of carbonyl (C=O) groups is 2. The number of aliphatic carboxylic acids is 1. The van der Waals surface area contributed by atoms with Crippen molar-refractivity contribution in [2.24, 2.45) is 0 Å². The fraction of sp³-hybridized carbons (Fsp3) is 0.207. The minimum absolute atomic E-state index is 0.0116. The van der Waals surface area contributed by atoms with Crippen LogP contribution in [0, 0.1) is 0 Å². The average molecular weight is 526 g/mol. The second-order valence-electron chi connectivity index (χ2n) is 8.80. The summed E-state index contributed by atoms with van der Waals surface area (Å²) in [5.41, 5.74) is 1.06. The van der Waals surface area contributed by atoms with E-state index in [1.807, 2.05) is 12.1 Å². The Kier molecular flexibility index (Phi) is 7.93. The Hall–Kier alpha value is -3.71. The zero-order valence-electron chi connectivity index (χ0n) is 19.7. The van der Waals surface area contributed by atoms with Gasteiger partial charge in [-0.3, -0.25) is 14.6 Å². The highest BCUT2D eigenvalue weighted by Gasteiger charge is 2.35. The van der Waals surface area contributed by atoms with E-state index in [2.05, 4.69) is 4.98 Å². The highest BCUT2D eigenvalue weighted by molar-refractivity contribution is 6.30. The molecule has 1 aromatic heterocycles. The van der Waals surface area contributed by atoms with Gasteiger partial charge in [0, 0.05) is 35.0 Å². The molecule has 0 aliphatic heterocycles. The number of benzene rings is 3. The third-order valence-corrected chi connectivity index (χ3v) is 6.40. The van der Waals surface area contributed by atoms with Crippen LogP contribution < -0.4 is 0 Å². The molecule has 1 N–H and O–H groups in total. The molecule has 0 atom stereocenters. The van der Waals surface area contributed by atoms with Gasteiger partial charge in [-0.15, -0.1) is 0 Å². The fourth-order valence-electron chi connectivity index (χ4n) is 4.37. The number of ketones is 1. The van der Waals surface area contributed by atoms with E-state index in [4.69, 9.17) is 16.7 Å². The summed E-state index contributed by atoms with van der Waals surface area (Å²) in [5.74, 6) is -1.56. The number of pyridine rings is 1. The number of halogens is 4. The van der Waals surface area contributed by atoms with E-state index in [9.17, 15) is 22.8 Å². The fourth-order valence-corrected chi connectivity index (χ4v) is 4.49. The molecular formula is C29H23ClF3NO3. The van der Waals surface area contributed by atoms with Crippen molar-refractivity contribution < 1.29 is 27.9 Å². The lowest BCUT2D eigenvalue weighted by atomic mass is 9.94. The summed E-state index contributed by atoms with van der Waals surface area (Å²) in [6, 6.07) is 18.0. The topological polar surface area (TPSA) is 67.3 Å². The first-order chi connectivity index (χ1) is 17.6. The lowest BCUT2D eigenvalue weighted by Crippen LogP contribution is -2.14. The maximum atomic E-state index is 13.9. The number of Topliss-reactive ketones (excluding diaryl/α,β-unsaturated/α-hetero) is 1. The molecule has 1 heterocycles. The quantitative estimate of drug-likeness (QED) is 0.232. The molecule has 0 saturated carbocycles. The Balaban J connectivity index is 1.57. The van der Waals surface area contributed by atoms with Crippen molar-refractivity contribution in [1.29, 1.82) is 0 Å². The zero-order valence-corrected chi connectivity index (χ0v) is 20.4. The van der Waals surface area contributed by atoms with Crippen molar-refractivity contribution in [3.63, 3.8) is 0 Å². The summed E-state index contributed by atoms with van der Waals surface area (Å²) in [7, 11) is 0. The van der Waals surface area contributed by atoms with Gasteiger partial charge in [0.15, 0.2) is 5.78 Å². The van der Waals surface area contributed by atoms with Crippen LogP contribution in [0.1, 0.15) is 51.1 Å². The van der Waals surface area contributed by atoms with E-state index >= 15 is 0 Å². The molecule has 0 spiro atoms. The summed E-state index contributed by atoms with van der Waals surface area (Å²) < 4.78 is 41.8. The van der Waals surface area contributed by atoms with E-state index in [0.29, 0.717) is 45.5 Å². The molecule has 0 amide bonds. The molecule has 190 valence electrons. The van der Waals surface area contributed by atoms with Gasteiger partial charge < -0.3 is 5.11 Å². The number of aryl methyl sites for hydroxylation is 1. The molecule has 37 heavy (non-hydrogen) atoms. The molecule has 0 saturated heterocycles. The van der Waals surface area contributed by atoms with Crippen molar-refractivity contribution in [3.8, 4) is 0 Å². The van der Waals surface area contributed by atoms with Crippen molar-refractivity contribution >= 4 is 34.1 Å². The number of carboxylic acid groups (broad SMARTS) is 1. The van der Waals surface area contributed by atoms with Gasteiger partial charge in [-0.25, -0.2) is 0 Å². The Morgan fingerprint density at radius 1 is 0.919 bits per heavy atom. The number of carboxylic acids is 1. The second-order valence-corrected chi connectivity index (χ2v) is 9.24. The molecule has 0 radical (unpaired) electrons. The third kappa shape index (κ3) is 6.54. The number of fused-ring (bicyclic) bond motifs is 1. The van der Waals surface area contributed by atoms with Gasteiger partial charge in [0.1, 0.15) is 0 Å². The molecule has 0 fully saturated rings. The number of hydrogen-bond donors (Lipinski definition) is 1. The number of hydrogen-bond acceptors (Lipinski definition) is 3. The van der Waals surface area contributed by atoms with Crippen LogP contribution in [-0.2, 0) is 30.2 Å². The van der Waals surface area contributed by atoms with Crippen LogP contribution in [0.2, 0.25) is 5.02 Å². The number of aromatic nitrogens is 1. The average Bonchev–Trinajstić information content (AvgIpc) is 2.86. The molecular weight excluding hydrogens is 503 g/mol. The van der Waals surface area contributed by atoms with Crippen LogP contribution in [0.25, 0.3) is 10.8 Å². The summed E-state index contributed by atoms with van der Waals surface area (Å²) in [4.78, 5) is 28.3. The van der Waals surface area contributed by atoms with Crippen LogP contribution in [0.4, 0.5) is 13.2 Å². The van der Waals surface area contributed by atoms with Crippen molar-refractivity contribution in [2.75, 3.05) is 0 Å². The smallest absolute Gasteiger partial charge is 0.417 e. The van der Waals surface area contributed by atoms with Crippen LogP contribution in [0.15, 0.2) is 72.9 Å². The van der Waals surface area contributed by atoms with Crippen molar-refractivity contribution in [3.05, 3.63) is 111 Å². The minimum Gasteiger partial charge on any atom is -0.481 e. The Labute approximate surface area is 216 Å². The first kappa shape index (κ1) is 26.4. The second kappa shape index (κ2) is 11.1. The number of carbonyl (C=O) groups excluding carboxylic acids is 1. The molecule has 0 bridgehead atoms. The normalized spacial score (nSPS) is 11.6. The van der Waals surface area contributed by atoms with Gasteiger partial charge in [0.2, 0.25) is 0 Å². The monoisotopic (exact) mass is 525 g/mol. The Bertz CT molecular complexity index is 1450. The number of nitrogens with zero attached hydrogens (tertiary/aromatic N) is 1. The Morgan fingerprint density at radius 3 is 2.27 bits per heavy atom. The van der Waals surface area contributed by atoms with Crippen LogP contribution in [0.5, 0.6) is 0 Å². The first-order valence-electron chi connectivity index (χ1n) is 11.7.